The number of hydrogen-bond acceptors (Lipinski definition) is 5. The Bertz CT molecular complexity index is 933. The minimum Gasteiger partial charge on any atom is -0.492 e. The van der Waals surface area contributed by atoms with Gasteiger partial charge in [-0.15, -0.1) is 0 Å². The van der Waals surface area contributed by atoms with Crippen LogP contribution in [0.1, 0.15) is 18.9 Å². The van der Waals surface area contributed by atoms with Crippen LogP contribution in [-0.2, 0) is 10.3 Å². The monoisotopic (exact) mass is 416 g/mol. The van der Waals surface area contributed by atoms with Crippen molar-refractivity contribution in [3.63, 3.8) is 0 Å². The fraction of sp³-hybridized carbons (Fsp3) is 0.333. The summed E-state index contributed by atoms with van der Waals surface area (Å²) in [5.74, 6) is 1.50. The summed E-state index contributed by atoms with van der Waals surface area (Å²) in [7, 11) is 0. The Labute approximate surface area is 173 Å². The maximum atomic E-state index is 13.1. The average molecular weight is 417 g/mol. The molecule has 2 aliphatic rings. The molecule has 7 nitrogen and oxygen atoms in total. The molecule has 0 saturated carbocycles. The Hall–Kier alpha value is -2.93. The molecule has 2 heterocycles. The van der Waals surface area contributed by atoms with Gasteiger partial charge in [-0.1, -0.05) is 17.7 Å². The van der Waals surface area contributed by atoms with Gasteiger partial charge < -0.3 is 19.5 Å². The first kappa shape index (κ1) is 19.4. The number of carbonyl (C=O) groups is 2. The van der Waals surface area contributed by atoms with E-state index in [0.29, 0.717) is 41.0 Å². The minimum absolute atomic E-state index is 0.132. The molecule has 1 fully saturated rings. The van der Waals surface area contributed by atoms with Gasteiger partial charge in [0.1, 0.15) is 17.9 Å². The molecule has 0 spiro atoms. The molecule has 3 amide bonds. The highest BCUT2D eigenvalue weighted by Crippen LogP contribution is 2.36. The van der Waals surface area contributed by atoms with Gasteiger partial charge in [0.15, 0.2) is 11.5 Å². The lowest BCUT2D eigenvalue weighted by molar-refractivity contribution is -0.131. The van der Waals surface area contributed by atoms with E-state index < -0.39 is 11.6 Å². The van der Waals surface area contributed by atoms with Crippen molar-refractivity contribution in [2.45, 2.75) is 18.9 Å². The molecule has 1 N–H and O–H groups in total. The van der Waals surface area contributed by atoms with Crippen LogP contribution in [-0.4, -0.2) is 43.2 Å². The van der Waals surface area contributed by atoms with Crippen LogP contribution in [0.3, 0.4) is 0 Å². The Morgan fingerprint density at radius 3 is 2.59 bits per heavy atom. The number of hydrogen-bond donors (Lipinski definition) is 1. The zero-order chi connectivity index (χ0) is 20.4. The second kappa shape index (κ2) is 7.83. The Morgan fingerprint density at radius 2 is 1.83 bits per heavy atom. The number of amides is 3. The summed E-state index contributed by atoms with van der Waals surface area (Å²) in [6.45, 7) is 3.13. The van der Waals surface area contributed by atoms with Gasteiger partial charge in [-0.3, -0.25) is 9.69 Å². The SMILES string of the molecule is C[C@@]1(c2ccc3c(c2)OCCCO3)NC(=O)N(CCOc2ccc(Cl)cc2)C1=O. The molecule has 4 rings (SSSR count). The number of nitrogens with zero attached hydrogens (tertiary/aromatic N) is 1. The Morgan fingerprint density at radius 1 is 1.10 bits per heavy atom. The molecule has 2 aliphatic heterocycles. The van der Waals surface area contributed by atoms with Gasteiger partial charge in [0, 0.05) is 11.4 Å². The van der Waals surface area contributed by atoms with Gasteiger partial charge in [-0.05, 0) is 48.9 Å². The highest BCUT2D eigenvalue weighted by molar-refractivity contribution is 6.30. The number of rotatable bonds is 5. The van der Waals surface area contributed by atoms with Crippen LogP contribution < -0.4 is 19.5 Å². The maximum Gasteiger partial charge on any atom is 0.325 e. The third kappa shape index (κ3) is 3.82. The van der Waals surface area contributed by atoms with E-state index >= 15 is 0 Å². The predicted octanol–water partition coefficient (Wildman–Crippen LogP) is 3.35. The first-order valence-electron chi connectivity index (χ1n) is 9.40. The number of nitrogens with one attached hydrogen (secondary N) is 1. The first-order chi connectivity index (χ1) is 14.0. The Balaban J connectivity index is 1.46. The molecule has 8 heteroatoms. The summed E-state index contributed by atoms with van der Waals surface area (Å²) in [4.78, 5) is 26.7. The number of halogens is 1. The van der Waals surface area contributed by atoms with E-state index in [2.05, 4.69) is 5.32 Å². The van der Waals surface area contributed by atoms with Gasteiger partial charge in [0.25, 0.3) is 5.91 Å². The fourth-order valence-electron chi connectivity index (χ4n) is 3.36. The van der Waals surface area contributed by atoms with Crippen molar-refractivity contribution in [2.75, 3.05) is 26.4 Å². The van der Waals surface area contributed by atoms with Gasteiger partial charge in [-0.25, -0.2) is 4.79 Å². The molecule has 29 heavy (non-hydrogen) atoms. The standard InChI is InChI=1S/C21H21ClN2O5/c1-21(14-3-8-17-18(13-14)29-11-2-10-28-17)19(25)24(20(26)23-21)9-12-27-16-6-4-15(22)5-7-16/h3-8,13H,2,9-12H2,1H3,(H,23,26)/t21-/m0/s1. The number of imide groups is 1. The number of benzene rings is 2. The third-order valence-electron chi connectivity index (χ3n) is 5.00. The normalized spacial score (nSPS) is 21.0. The summed E-state index contributed by atoms with van der Waals surface area (Å²) in [5.41, 5.74) is -0.539. The van der Waals surface area contributed by atoms with Crippen molar-refractivity contribution in [1.82, 2.24) is 10.2 Å². The quantitative estimate of drug-likeness (QED) is 0.756. The van der Waals surface area contributed by atoms with Crippen molar-refractivity contribution in [2.24, 2.45) is 0 Å². The highest BCUT2D eigenvalue weighted by atomic mass is 35.5. The zero-order valence-corrected chi connectivity index (χ0v) is 16.7. The molecule has 0 aliphatic carbocycles. The number of fused-ring (bicyclic) bond motifs is 1. The second-order valence-electron chi connectivity index (χ2n) is 7.03. The largest absolute Gasteiger partial charge is 0.492 e. The lowest BCUT2D eigenvalue weighted by atomic mass is 9.91. The smallest absolute Gasteiger partial charge is 0.325 e. The van der Waals surface area contributed by atoms with Crippen molar-refractivity contribution < 1.29 is 23.8 Å². The fourth-order valence-corrected chi connectivity index (χ4v) is 3.48. The number of urea groups is 1. The Kier molecular flexibility index (Phi) is 5.24. The molecule has 2 aromatic carbocycles. The predicted molar refractivity (Wildman–Crippen MR) is 107 cm³/mol. The van der Waals surface area contributed by atoms with Crippen molar-refractivity contribution in [3.05, 3.63) is 53.1 Å². The summed E-state index contributed by atoms with van der Waals surface area (Å²) in [5, 5.41) is 3.40. The minimum atomic E-state index is -1.18. The molecular formula is C21H21ClN2O5. The van der Waals surface area contributed by atoms with Gasteiger partial charge in [-0.2, -0.15) is 0 Å². The first-order valence-corrected chi connectivity index (χ1v) is 9.78. The second-order valence-corrected chi connectivity index (χ2v) is 7.46. The van der Waals surface area contributed by atoms with E-state index in [9.17, 15) is 9.59 Å². The molecule has 0 aromatic heterocycles. The van der Waals surface area contributed by atoms with Crippen LogP contribution in [0.15, 0.2) is 42.5 Å². The zero-order valence-electron chi connectivity index (χ0n) is 15.9. The lowest BCUT2D eigenvalue weighted by Crippen LogP contribution is -2.41. The number of carbonyl (C=O) groups excluding carboxylic acids is 2. The molecule has 152 valence electrons. The van der Waals surface area contributed by atoms with Crippen LogP contribution in [0, 0.1) is 0 Å². The third-order valence-corrected chi connectivity index (χ3v) is 5.25. The molecule has 2 aromatic rings. The van der Waals surface area contributed by atoms with Crippen molar-refractivity contribution >= 4 is 23.5 Å². The molecule has 0 radical (unpaired) electrons. The van der Waals surface area contributed by atoms with Gasteiger partial charge >= 0.3 is 6.03 Å². The van der Waals surface area contributed by atoms with Crippen molar-refractivity contribution in [3.8, 4) is 17.2 Å². The van der Waals surface area contributed by atoms with Gasteiger partial charge in [0.2, 0.25) is 0 Å². The van der Waals surface area contributed by atoms with E-state index in [1.807, 2.05) is 0 Å². The lowest BCUT2D eigenvalue weighted by Gasteiger charge is -2.23. The van der Waals surface area contributed by atoms with E-state index in [-0.39, 0.29) is 19.1 Å². The molecule has 1 atom stereocenters. The summed E-state index contributed by atoms with van der Waals surface area (Å²) < 4.78 is 17.0. The molecule has 1 saturated heterocycles. The van der Waals surface area contributed by atoms with Crippen LogP contribution in [0.25, 0.3) is 0 Å². The van der Waals surface area contributed by atoms with Crippen LogP contribution in [0.2, 0.25) is 5.02 Å². The number of ether oxygens (including phenoxy) is 3. The summed E-state index contributed by atoms with van der Waals surface area (Å²) >= 11 is 5.85. The van der Waals surface area contributed by atoms with E-state index in [1.165, 1.54) is 4.90 Å². The summed E-state index contributed by atoms with van der Waals surface area (Å²) in [6, 6.07) is 11.7. The van der Waals surface area contributed by atoms with E-state index in [0.717, 1.165) is 6.42 Å². The van der Waals surface area contributed by atoms with Crippen LogP contribution >= 0.6 is 11.6 Å². The van der Waals surface area contributed by atoms with Gasteiger partial charge in [0.05, 0.1) is 19.8 Å². The topological polar surface area (TPSA) is 77.1 Å². The average Bonchev–Trinajstić information content (AvgIpc) is 2.87. The molecule has 0 unspecified atom stereocenters. The maximum absolute atomic E-state index is 13.1. The molecule has 0 bridgehead atoms. The summed E-state index contributed by atoms with van der Waals surface area (Å²) in [6.07, 6.45) is 0.790. The highest BCUT2D eigenvalue weighted by Gasteiger charge is 2.49. The van der Waals surface area contributed by atoms with Crippen molar-refractivity contribution in [1.29, 1.82) is 0 Å². The van der Waals surface area contributed by atoms with Crippen LogP contribution in [0.5, 0.6) is 17.2 Å². The van der Waals surface area contributed by atoms with E-state index in [1.54, 1.807) is 49.4 Å². The van der Waals surface area contributed by atoms with E-state index in [4.69, 9.17) is 25.8 Å². The molecular weight excluding hydrogens is 396 g/mol. The van der Waals surface area contributed by atoms with Crippen LogP contribution in [0.4, 0.5) is 4.79 Å².